The van der Waals surface area contributed by atoms with Crippen molar-refractivity contribution >= 4 is 17.9 Å². The molecule has 0 heterocycles. The molecule has 0 bridgehead atoms. The van der Waals surface area contributed by atoms with Crippen LogP contribution in [0.3, 0.4) is 0 Å². The Hall–Kier alpha value is -3.40. The third kappa shape index (κ3) is 5.35. The van der Waals surface area contributed by atoms with Crippen molar-refractivity contribution in [1.82, 2.24) is 0 Å². The highest BCUT2D eigenvalue weighted by Gasteiger charge is 2.15. The van der Waals surface area contributed by atoms with Gasteiger partial charge in [0.1, 0.15) is 6.29 Å². The number of aliphatic carboxylic acids is 1. The second-order valence-corrected chi connectivity index (χ2v) is 6.85. The average Bonchev–Trinajstić information content (AvgIpc) is 2.79. The standard InChI is InChI=1S/C24H23NO3.C2H6/c1-16-13-19(17(2)24(27)28)11-12-23(16)25-14-22-20(15-26)9-6-10-21(22)18-7-4-3-5-8-18;1-2/h3-13,15,17,25H,14H2,1-2H3,(H,27,28);1-2H3. The third-order valence-corrected chi connectivity index (χ3v) is 5.00. The third-order valence-electron chi connectivity index (χ3n) is 5.00. The molecule has 0 aliphatic carbocycles. The maximum absolute atomic E-state index is 11.6. The molecule has 0 saturated carbocycles. The molecule has 1 atom stereocenters. The summed E-state index contributed by atoms with van der Waals surface area (Å²) in [4.78, 5) is 22.8. The average molecular weight is 404 g/mol. The lowest BCUT2D eigenvalue weighted by Crippen LogP contribution is -2.09. The molecule has 3 rings (SSSR count). The highest BCUT2D eigenvalue weighted by atomic mass is 16.4. The number of rotatable bonds is 7. The summed E-state index contributed by atoms with van der Waals surface area (Å²) in [6.45, 7) is 8.12. The SMILES string of the molecule is CC.Cc1cc(C(C)C(=O)O)ccc1NCc1c(C=O)cccc1-c1ccccc1. The van der Waals surface area contributed by atoms with Crippen LogP contribution in [-0.4, -0.2) is 17.4 Å². The largest absolute Gasteiger partial charge is 0.481 e. The summed E-state index contributed by atoms with van der Waals surface area (Å²) in [5.74, 6) is -1.39. The number of carboxylic acids is 1. The van der Waals surface area contributed by atoms with Crippen molar-refractivity contribution in [2.24, 2.45) is 0 Å². The van der Waals surface area contributed by atoms with Crippen molar-refractivity contribution in [3.8, 4) is 11.1 Å². The van der Waals surface area contributed by atoms with Crippen LogP contribution in [0.25, 0.3) is 11.1 Å². The van der Waals surface area contributed by atoms with Gasteiger partial charge in [0.25, 0.3) is 0 Å². The van der Waals surface area contributed by atoms with Crippen LogP contribution in [0.15, 0.2) is 66.7 Å². The molecule has 0 radical (unpaired) electrons. The van der Waals surface area contributed by atoms with E-state index in [1.807, 2.05) is 87.5 Å². The van der Waals surface area contributed by atoms with Crippen LogP contribution in [0.4, 0.5) is 5.69 Å². The first kappa shape index (κ1) is 22.9. The molecule has 1 unspecified atom stereocenters. The molecule has 156 valence electrons. The van der Waals surface area contributed by atoms with Gasteiger partial charge in [0, 0.05) is 17.8 Å². The number of nitrogens with one attached hydrogen (secondary N) is 1. The molecule has 0 spiro atoms. The minimum absolute atomic E-state index is 0.494. The fourth-order valence-corrected chi connectivity index (χ4v) is 3.28. The number of carboxylic acid groups (broad SMARTS) is 1. The van der Waals surface area contributed by atoms with Crippen molar-refractivity contribution in [1.29, 1.82) is 0 Å². The summed E-state index contributed by atoms with van der Waals surface area (Å²) in [6.07, 6.45) is 0.883. The van der Waals surface area contributed by atoms with Gasteiger partial charge in [-0.1, -0.05) is 74.5 Å². The molecule has 0 aliphatic rings. The lowest BCUT2D eigenvalue weighted by molar-refractivity contribution is -0.138. The van der Waals surface area contributed by atoms with E-state index in [0.717, 1.165) is 39.8 Å². The Morgan fingerprint density at radius 3 is 2.33 bits per heavy atom. The number of benzene rings is 3. The van der Waals surface area contributed by atoms with Crippen molar-refractivity contribution in [2.45, 2.75) is 40.2 Å². The van der Waals surface area contributed by atoms with Crippen LogP contribution in [0.1, 0.15) is 53.7 Å². The van der Waals surface area contributed by atoms with E-state index < -0.39 is 11.9 Å². The molecule has 4 nitrogen and oxygen atoms in total. The van der Waals surface area contributed by atoms with Crippen LogP contribution >= 0.6 is 0 Å². The van der Waals surface area contributed by atoms with Crippen molar-refractivity contribution in [2.75, 3.05) is 5.32 Å². The number of aldehydes is 1. The molecular weight excluding hydrogens is 374 g/mol. The van der Waals surface area contributed by atoms with Crippen LogP contribution in [0.5, 0.6) is 0 Å². The Balaban J connectivity index is 0.00000155. The summed E-state index contributed by atoms with van der Waals surface area (Å²) >= 11 is 0. The summed E-state index contributed by atoms with van der Waals surface area (Å²) in [6, 6.07) is 21.3. The lowest BCUT2D eigenvalue weighted by Gasteiger charge is -2.16. The van der Waals surface area contributed by atoms with Gasteiger partial charge in [-0.2, -0.15) is 0 Å². The van der Waals surface area contributed by atoms with E-state index in [4.69, 9.17) is 0 Å². The summed E-state index contributed by atoms with van der Waals surface area (Å²) in [7, 11) is 0. The second-order valence-electron chi connectivity index (χ2n) is 6.85. The molecule has 0 aromatic heterocycles. The van der Waals surface area contributed by atoms with Crippen molar-refractivity contribution < 1.29 is 14.7 Å². The van der Waals surface area contributed by atoms with Gasteiger partial charge in [0.05, 0.1) is 5.92 Å². The number of carbonyl (C=O) groups excluding carboxylic acids is 1. The Bertz CT molecular complexity index is 996. The molecule has 0 amide bonds. The predicted octanol–water partition coefficient (Wildman–Crippen LogP) is 6.30. The van der Waals surface area contributed by atoms with E-state index in [-0.39, 0.29) is 0 Å². The van der Waals surface area contributed by atoms with Gasteiger partial charge in [0.2, 0.25) is 0 Å². The number of hydrogen-bond donors (Lipinski definition) is 2. The van der Waals surface area contributed by atoms with E-state index in [1.54, 1.807) is 6.92 Å². The zero-order valence-corrected chi connectivity index (χ0v) is 18.0. The van der Waals surface area contributed by atoms with Gasteiger partial charge < -0.3 is 10.4 Å². The Morgan fingerprint density at radius 1 is 1.03 bits per heavy atom. The zero-order valence-electron chi connectivity index (χ0n) is 18.0. The minimum atomic E-state index is -0.840. The topological polar surface area (TPSA) is 66.4 Å². The van der Waals surface area contributed by atoms with E-state index >= 15 is 0 Å². The first-order valence-corrected chi connectivity index (χ1v) is 10.2. The van der Waals surface area contributed by atoms with Crippen molar-refractivity contribution in [3.63, 3.8) is 0 Å². The number of anilines is 1. The molecule has 0 fully saturated rings. The summed E-state index contributed by atoms with van der Waals surface area (Å²) < 4.78 is 0. The van der Waals surface area contributed by atoms with Gasteiger partial charge in [0.15, 0.2) is 0 Å². The monoisotopic (exact) mass is 403 g/mol. The van der Waals surface area contributed by atoms with Crippen LogP contribution in [-0.2, 0) is 11.3 Å². The summed E-state index contributed by atoms with van der Waals surface area (Å²) in [5, 5.41) is 12.6. The molecule has 0 aliphatic heterocycles. The smallest absolute Gasteiger partial charge is 0.310 e. The molecule has 3 aromatic carbocycles. The normalized spacial score (nSPS) is 11.1. The fourth-order valence-electron chi connectivity index (χ4n) is 3.28. The van der Waals surface area contributed by atoms with Crippen molar-refractivity contribution in [3.05, 3.63) is 89.0 Å². The highest BCUT2D eigenvalue weighted by molar-refractivity contribution is 5.83. The van der Waals surface area contributed by atoms with Gasteiger partial charge in [-0.3, -0.25) is 9.59 Å². The Kier molecular flexibility index (Phi) is 8.36. The van der Waals surface area contributed by atoms with Gasteiger partial charge in [-0.15, -0.1) is 0 Å². The Labute approximate surface area is 178 Å². The number of carbonyl (C=O) groups is 2. The van der Waals surface area contributed by atoms with Crippen LogP contribution in [0, 0.1) is 6.92 Å². The number of hydrogen-bond acceptors (Lipinski definition) is 3. The first-order chi connectivity index (χ1) is 14.5. The molecule has 4 heteroatoms. The molecular formula is C26H29NO3. The van der Waals surface area contributed by atoms with E-state index in [2.05, 4.69) is 5.32 Å². The summed E-state index contributed by atoms with van der Waals surface area (Å²) in [5.41, 5.74) is 6.33. The molecule has 2 N–H and O–H groups in total. The maximum Gasteiger partial charge on any atom is 0.310 e. The minimum Gasteiger partial charge on any atom is -0.481 e. The lowest BCUT2D eigenvalue weighted by atomic mass is 9.95. The van der Waals surface area contributed by atoms with Gasteiger partial charge in [-0.25, -0.2) is 0 Å². The highest BCUT2D eigenvalue weighted by Crippen LogP contribution is 2.28. The van der Waals surface area contributed by atoms with E-state index in [0.29, 0.717) is 12.1 Å². The van der Waals surface area contributed by atoms with E-state index in [1.165, 1.54) is 0 Å². The van der Waals surface area contributed by atoms with Crippen LogP contribution in [0.2, 0.25) is 0 Å². The molecule has 3 aromatic rings. The van der Waals surface area contributed by atoms with Crippen LogP contribution < -0.4 is 5.32 Å². The second kappa shape index (κ2) is 11.0. The first-order valence-electron chi connectivity index (χ1n) is 10.2. The molecule has 30 heavy (non-hydrogen) atoms. The fraction of sp³-hybridized carbons (Fsp3) is 0.231. The zero-order chi connectivity index (χ0) is 22.1. The Morgan fingerprint density at radius 2 is 1.73 bits per heavy atom. The maximum atomic E-state index is 11.6. The van der Waals surface area contributed by atoms with Gasteiger partial charge >= 0.3 is 5.97 Å². The van der Waals surface area contributed by atoms with E-state index in [9.17, 15) is 14.7 Å². The quantitative estimate of drug-likeness (QED) is 0.454. The molecule has 0 saturated heterocycles. The van der Waals surface area contributed by atoms with Gasteiger partial charge in [-0.05, 0) is 47.7 Å². The predicted molar refractivity (Wildman–Crippen MR) is 123 cm³/mol. The number of aryl methyl sites for hydroxylation is 1.